The summed E-state index contributed by atoms with van der Waals surface area (Å²) < 4.78 is 5.46. The molecule has 5 nitrogen and oxygen atoms in total. The molecule has 2 saturated heterocycles. The maximum atomic E-state index is 12.4. The molecule has 0 bridgehead atoms. The van der Waals surface area contributed by atoms with Crippen LogP contribution in [0.3, 0.4) is 0 Å². The lowest BCUT2D eigenvalue weighted by Gasteiger charge is -2.41. The Bertz CT molecular complexity index is 533. The van der Waals surface area contributed by atoms with E-state index in [1.54, 1.807) is 6.26 Å². The Hall–Kier alpha value is -1.33. The molecule has 3 aliphatic rings. The monoisotopic (exact) mass is 331 g/mol. The number of rotatable bonds is 5. The minimum atomic E-state index is 0.209. The van der Waals surface area contributed by atoms with Gasteiger partial charge in [0.2, 0.25) is 5.91 Å². The Balaban J connectivity index is 1.24. The minimum absolute atomic E-state index is 0.209. The van der Waals surface area contributed by atoms with Gasteiger partial charge in [-0.05, 0) is 57.2 Å². The topological polar surface area (TPSA) is 48.7 Å². The Morgan fingerprint density at radius 1 is 1.17 bits per heavy atom. The molecule has 1 saturated carbocycles. The zero-order valence-electron chi connectivity index (χ0n) is 14.5. The van der Waals surface area contributed by atoms with Crippen molar-refractivity contribution in [2.75, 3.05) is 26.2 Å². The van der Waals surface area contributed by atoms with E-state index < -0.39 is 0 Å². The van der Waals surface area contributed by atoms with E-state index in [0.29, 0.717) is 18.0 Å². The second-order valence-corrected chi connectivity index (χ2v) is 7.70. The second kappa shape index (κ2) is 7.28. The van der Waals surface area contributed by atoms with Gasteiger partial charge in [0.05, 0.1) is 18.7 Å². The summed E-state index contributed by atoms with van der Waals surface area (Å²) >= 11 is 0. The zero-order chi connectivity index (χ0) is 16.4. The quantitative estimate of drug-likeness (QED) is 0.899. The molecule has 1 aromatic rings. The van der Waals surface area contributed by atoms with Crippen LogP contribution in [0.25, 0.3) is 0 Å². The molecule has 4 rings (SSSR count). The average molecular weight is 331 g/mol. The first-order chi connectivity index (χ1) is 11.8. The van der Waals surface area contributed by atoms with E-state index in [0.717, 1.165) is 51.3 Å². The first-order valence-electron chi connectivity index (χ1n) is 9.57. The van der Waals surface area contributed by atoms with Crippen molar-refractivity contribution < 1.29 is 9.21 Å². The van der Waals surface area contributed by atoms with Crippen LogP contribution in [-0.2, 0) is 11.3 Å². The number of nitrogens with zero attached hydrogens (tertiary/aromatic N) is 2. The highest BCUT2D eigenvalue weighted by Crippen LogP contribution is 2.26. The number of furan rings is 1. The van der Waals surface area contributed by atoms with E-state index in [9.17, 15) is 4.79 Å². The number of carbonyl (C=O) groups excluding carboxylic acids is 1. The van der Waals surface area contributed by atoms with Gasteiger partial charge in [0, 0.05) is 31.7 Å². The van der Waals surface area contributed by atoms with Crippen molar-refractivity contribution in [1.29, 1.82) is 0 Å². The van der Waals surface area contributed by atoms with Crippen LogP contribution in [0.15, 0.2) is 22.8 Å². The maximum absolute atomic E-state index is 12.4. The van der Waals surface area contributed by atoms with E-state index in [-0.39, 0.29) is 5.92 Å². The largest absolute Gasteiger partial charge is 0.468 e. The number of hydrogen-bond donors (Lipinski definition) is 1. The molecule has 0 aromatic carbocycles. The molecule has 1 N–H and O–H groups in total. The third kappa shape index (κ3) is 4.01. The first kappa shape index (κ1) is 16.2. The predicted octanol–water partition coefficient (Wildman–Crippen LogP) is 2.23. The maximum Gasteiger partial charge on any atom is 0.224 e. The third-order valence-electron chi connectivity index (χ3n) is 5.78. The van der Waals surface area contributed by atoms with Crippen LogP contribution in [0.1, 0.15) is 44.3 Å². The summed E-state index contributed by atoms with van der Waals surface area (Å²) in [6.45, 7) is 5.30. The van der Waals surface area contributed by atoms with Crippen molar-refractivity contribution >= 4 is 5.91 Å². The van der Waals surface area contributed by atoms with Gasteiger partial charge in [0.1, 0.15) is 5.76 Å². The highest BCUT2D eigenvalue weighted by molar-refractivity contribution is 5.79. The van der Waals surface area contributed by atoms with Gasteiger partial charge < -0.3 is 9.73 Å². The molecule has 3 fully saturated rings. The van der Waals surface area contributed by atoms with Crippen molar-refractivity contribution in [3.63, 3.8) is 0 Å². The molecule has 0 spiro atoms. The normalized spacial score (nSPS) is 27.2. The standard InChI is InChI=1S/C19H29N3O2/c23-19(20-16-5-6-16)15-3-1-9-22(13-15)17-7-10-21(11-8-17)14-18-4-2-12-24-18/h2,4,12,15-17H,1,3,5-11,13-14H2,(H,20,23)/t15-/m1/s1. The van der Waals surface area contributed by atoms with Crippen molar-refractivity contribution in [2.45, 2.75) is 57.2 Å². The fourth-order valence-corrected chi connectivity index (χ4v) is 4.16. The van der Waals surface area contributed by atoms with Crippen molar-refractivity contribution in [2.24, 2.45) is 5.92 Å². The number of carbonyl (C=O) groups is 1. The van der Waals surface area contributed by atoms with E-state index in [1.807, 2.05) is 6.07 Å². The predicted molar refractivity (Wildman–Crippen MR) is 92.5 cm³/mol. The van der Waals surface area contributed by atoms with Crippen LogP contribution in [0.2, 0.25) is 0 Å². The number of likely N-dealkylation sites (tertiary alicyclic amines) is 2. The SMILES string of the molecule is O=C(NC1CC1)[C@@H]1CCCN(C2CCN(Cc3ccco3)CC2)C1. The van der Waals surface area contributed by atoms with Gasteiger partial charge in [-0.3, -0.25) is 14.6 Å². The second-order valence-electron chi connectivity index (χ2n) is 7.70. The van der Waals surface area contributed by atoms with E-state index in [1.165, 1.54) is 25.7 Å². The Labute approximate surface area is 144 Å². The summed E-state index contributed by atoms with van der Waals surface area (Å²) in [4.78, 5) is 17.4. The number of hydrogen-bond acceptors (Lipinski definition) is 4. The fourth-order valence-electron chi connectivity index (χ4n) is 4.16. The lowest BCUT2D eigenvalue weighted by molar-refractivity contribution is -0.127. The third-order valence-corrected chi connectivity index (χ3v) is 5.78. The van der Waals surface area contributed by atoms with E-state index >= 15 is 0 Å². The smallest absolute Gasteiger partial charge is 0.224 e. The van der Waals surface area contributed by atoms with E-state index in [2.05, 4.69) is 21.2 Å². The van der Waals surface area contributed by atoms with Crippen LogP contribution in [0.4, 0.5) is 0 Å². The van der Waals surface area contributed by atoms with Crippen LogP contribution >= 0.6 is 0 Å². The van der Waals surface area contributed by atoms with Crippen LogP contribution in [0.5, 0.6) is 0 Å². The lowest BCUT2D eigenvalue weighted by atomic mass is 9.93. The lowest BCUT2D eigenvalue weighted by Crippen LogP contribution is -2.50. The highest BCUT2D eigenvalue weighted by Gasteiger charge is 2.33. The van der Waals surface area contributed by atoms with E-state index in [4.69, 9.17) is 4.42 Å². The molecule has 3 heterocycles. The molecule has 0 radical (unpaired) electrons. The molecule has 1 aromatic heterocycles. The molecule has 132 valence electrons. The number of nitrogens with one attached hydrogen (secondary N) is 1. The molecule has 1 atom stereocenters. The molecular formula is C19H29N3O2. The van der Waals surface area contributed by atoms with Crippen LogP contribution in [-0.4, -0.2) is 54.0 Å². The van der Waals surface area contributed by atoms with Crippen molar-refractivity contribution in [3.8, 4) is 0 Å². The molecule has 0 unspecified atom stereocenters. The van der Waals surface area contributed by atoms with Gasteiger partial charge in [-0.25, -0.2) is 0 Å². The van der Waals surface area contributed by atoms with Gasteiger partial charge in [-0.15, -0.1) is 0 Å². The zero-order valence-corrected chi connectivity index (χ0v) is 14.5. The Morgan fingerprint density at radius 3 is 2.71 bits per heavy atom. The summed E-state index contributed by atoms with van der Waals surface area (Å²) in [5.74, 6) is 1.57. The minimum Gasteiger partial charge on any atom is -0.468 e. The molecule has 1 aliphatic carbocycles. The summed E-state index contributed by atoms with van der Waals surface area (Å²) in [7, 11) is 0. The van der Waals surface area contributed by atoms with Gasteiger partial charge in [-0.1, -0.05) is 0 Å². The molecule has 24 heavy (non-hydrogen) atoms. The molecule has 5 heteroatoms. The van der Waals surface area contributed by atoms with Crippen LogP contribution < -0.4 is 5.32 Å². The Kier molecular flexibility index (Phi) is 4.90. The van der Waals surface area contributed by atoms with Gasteiger partial charge in [0.25, 0.3) is 0 Å². The summed E-state index contributed by atoms with van der Waals surface area (Å²) in [6, 6.07) is 5.15. The molecule has 1 amide bonds. The first-order valence-corrected chi connectivity index (χ1v) is 9.57. The highest BCUT2D eigenvalue weighted by atomic mass is 16.3. The Morgan fingerprint density at radius 2 is 2.00 bits per heavy atom. The van der Waals surface area contributed by atoms with Crippen molar-refractivity contribution in [3.05, 3.63) is 24.2 Å². The number of piperidine rings is 2. The average Bonchev–Trinajstić information content (AvgIpc) is 3.28. The van der Waals surface area contributed by atoms with Gasteiger partial charge >= 0.3 is 0 Å². The summed E-state index contributed by atoms with van der Waals surface area (Å²) in [5, 5.41) is 3.19. The fraction of sp³-hybridized carbons (Fsp3) is 0.737. The summed E-state index contributed by atoms with van der Waals surface area (Å²) in [6.07, 6.45) is 8.74. The van der Waals surface area contributed by atoms with Crippen LogP contribution in [0, 0.1) is 5.92 Å². The number of amides is 1. The van der Waals surface area contributed by atoms with Gasteiger partial charge in [0.15, 0.2) is 0 Å². The van der Waals surface area contributed by atoms with Crippen molar-refractivity contribution in [1.82, 2.24) is 15.1 Å². The summed E-state index contributed by atoms with van der Waals surface area (Å²) in [5.41, 5.74) is 0. The molecule has 2 aliphatic heterocycles. The van der Waals surface area contributed by atoms with Gasteiger partial charge in [-0.2, -0.15) is 0 Å². The molecular weight excluding hydrogens is 302 g/mol.